The molecule has 0 aromatic heterocycles. The van der Waals surface area contributed by atoms with Crippen molar-refractivity contribution in [2.45, 2.75) is 18.9 Å². The van der Waals surface area contributed by atoms with E-state index in [-0.39, 0.29) is 22.1 Å². The van der Waals surface area contributed by atoms with E-state index in [4.69, 9.17) is 22.1 Å². The molecule has 0 unspecified atom stereocenters. The molecule has 132 valence electrons. The summed E-state index contributed by atoms with van der Waals surface area (Å²) in [6, 6.07) is 5.74. The molecule has 9 heteroatoms. The SMILES string of the molecule is COc1ccccc1/C=C1/SC(=S)N([C@@H](CCC(=O)O)C(=O)O)C1=O. The maximum absolute atomic E-state index is 12.6. The zero-order valence-electron chi connectivity index (χ0n) is 13.2. The molecule has 0 radical (unpaired) electrons. The number of carboxylic acids is 2. The number of methoxy groups -OCH3 is 1. The number of carboxylic acid groups (broad SMARTS) is 2. The maximum Gasteiger partial charge on any atom is 0.326 e. The summed E-state index contributed by atoms with van der Waals surface area (Å²) < 4.78 is 5.31. The van der Waals surface area contributed by atoms with Gasteiger partial charge in [0, 0.05) is 12.0 Å². The van der Waals surface area contributed by atoms with Gasteiger partial charge in [-0.05, 0) is 18.6 Å². The second kappa shape index (κ2) is 8.13. The fourth-order valence-electron chi connectivity index (χ4n) is 2.30. The molecule has 2 rings (SSSR count). The molecule has 0 aliphatic carbocycles. The molecule has 0 saturated carbocycles. The molecule has 2 N–H and O–H groups in total. The number of benzene rings is 1. The average Bonchev–Trinajstić information content (AvgIpc) is 2.82. The van der Waals surface area contributed by atoms with E-state index in [0.29, 0.717) is 11.3 Å². The molecule has 1 amide bonds. The Morgan fingerprint density at radius 2 is 2.04 bits per heavy atom. The maximum atomic E-state index is 12.6. The lowest BCUT2D eigenvalue weighted by Crippen LogP contribution is -2.44. The predicted octanol–water partition coefficient (Wildman–Crippen LogP) is 2.21. The van der Waals surface area contributed by atoms with E-state index < -0.39 is 23.9 Å². The number of ether oxygens (including phenoxy) is 1. The van der Waals surface area contributed by atoms with E-state index in [1.165, 1.54) is 7.11 Å². The number of carbonyl (C=O) groups excluding carboxylic acids is 1. The second-order valence-corrected chi connectivity index (χ2v) is 6.76. The number of rotatable bonds is 7. The van der Waals surface area contributed by atoms with Crippen LogP contribution in [0.5, 0.6) is 5.75 Å². The minimum absolute atomic E-state index is 0.0870. The Morgan fingerprint density at radius 1 is 1.36 bits per heavy atom. The van der Waals surface area contributed by atoms with Gasteiger partial charge in [0.05, 0.1) is 12.0 Å². The number of aliphatic carboxylic acids is 2. The first-order valence-corrected chi connectivity index (χ1v) is 8.42. The first-order chi connectivity index (χ1) is 11.8. The van der Waals surface area contributed by atoms with Gasteiger partial charge in [0.25, 0.3) is 5.91 Å². The molecule has 1 aromatic rings. The molecule has 0 bridgehead atoms. The third-order valence-electron chi connectivity index (χ3n) is 3.48. The summed E-state index contributed by atoms with van der Waals surface area (Å²) in [6.07, 6.45) is 0.979. The van der Waals surface area contributed by atoms with Gasteiger partial charge in [-0.25, -0.2) is 4.79 Å². The smallest absolute Gasteiger partial charge is 0.326 e. The molecule has 25 heavy (non-hydrogen) atoms. The first-order valence-electron chi connectivity index (χ1n) is 7.19. The van der Waals surface area contributed by atoms with Crippen LogP contribution in [0.25, 0.3) is 6.08 Å². The Kier molecular flexibility index (Phi) is 6.16. The van der Waals surface area contributed by atoms with E-state index in [0.717, 1.165) is 16.7 Å². The Bertz CT molecular complexity index is 761. The highest BCUT2D eigenvalue weighted by atomic mass is 32.2. The highest BCUT2D eigenvalue weighted by Gasteiger charge is 2.40. The van der Waals surface area contributed by atoms with Gasteiger partial charge >= 0.3 is 11.9 Å². The van der Waals surface area contributed by atoms with E-state index in [9.17, 15) is 19.5 Å². The van der Waals surface area contributed by atoms with Crippen molar-refractivity contribution in [2.24, 2.45) is 0 Å². The lowest BCUT2D eigenvalue weighted by Gasteiger charge is -2.22. The molecular weight excluding hydrogens is 366 g/mol. The van der Waals surface area contributed by atoms with Crippen molar-refractivity contribution in [3.8, 4) is 5.75 Å². The number of para-hydroxylation sites is 1. The van der Waals surface area contributed by atoms with Gasteiger partial charge in [0.1, 0.15) is 16.1 Å². The molecule has 1 aliphatic rings. The van der Waals surface area contributed by atoms with Crippen LogP contribution in [0.15, 0.2) is 29.2 Å². The molecular formula is C16H15NO6S2. The Labute approximate surface area is 153 Å². The van der Waals surface area contributed by atoms with E-state index >= 15 is 0 Å². The lowest BCUT2D eigenvalue weighted by atomic mass is 10.1. The van der Waals surface area contributed by atoms with Crippen LogP contribution in [0.2, 0.25) is 0 Å². The van der Waals surface area contributed by atoms with Gasteiger partial charge in [-0.3, -0.25) is 14.5 Å². The summed E-state index contributed by atoms with van der Waals surface area (Å²) in [7, 11) is 1.50. The minimum atomic E-state index is -1.31. The molecule has 0 spiro atoms. The van der Waals surface area contributed by atoms with E-state index in [2.05, 4.69) is 0 Å². The standard InChI is InChI=1S/C16H15NO6S2/c1-23-11-5-3-2-4-9(11)8-12-14(20)17(16(24)25-12)10(15(21)22)6-7-13(18)19/h2-5,8,10H,6-7H2,1H3,(H,18,19)(H,21,22)/b12-8+/t10-/m0/s1. The van der Waals surface area contributed by atoms with Gasteiger partial charge in [0.2, 0.25) is 0 Å². The zero-order chi connectivity index (χ0) is 18.6. The van der Waals surface area contributed by atoms with E-state index in [1.54, 1.807) is 30.3 Å². The number of thioether (sulfide) groups is 1. The van der Waals surface area contributed by atoms with Crippen molar-refractivity contribution in [3.63, 3.8) is 0 Å². The number of amides is 1. The summed E-state index contributed by atoms with van der Waals surface area (Å²) in [5, 5.41) is 18.1. The van der Waals surface area contributed by atoms with Gasteiger partial charge in [-0.2, -0.15) is 0 Å². The summed E-state index contributed by atoms with van der Waals surface area (Å²) in [5.74, 6) is -2.43. The van der Waals surface area contributed by atoms with Crippen LogP contribution in [0, 0.1) is 0 Å². The molecule has 1 aliphatic heterocycles. The summed E-state index contributed by atoms with van der Waals surface area (Å²) >= 11 is 6.11. The second-order valence-electron chi connectivity index (χ2n) is 5.08. The van der Waals surface area contributed by atoms with Crippen LogP contribution < -0.4 is 4.74 Å². The third-order valence-corrected chi connectivity index (χ3v) is 4.81. The fourth-order valence-corrected chi connectivity index (χ4v) is 3.65. The molecule has 1 fully saturated rings. The summed E-state index contributed by atoms with van der Waals surface area (Å²) in [5.41, 5.74) is 0.655. The third kappa shape index (κ3) is 4.37. The van der Waals surface area contributed by atoms with Crippen molar-refractivity contribution in [2.75, 3.05) is 7.11 Å². The highest BCUT2D eigenvalue weighted by Crippen LogP contribution is 2.36. The largest absolute Gasteiger partial charge is 0.496 e. The number of hydrogen-bond acceptors (Lipinski definition) is 6. The Balaban J connectivity index is 2.30. The van der Waals surface area contributed by atoms with Gasteiger partial charge in [-0.1, -0.05) is 42.2 Å². The first kappa shape index (κ1) is 18.9. The summed E-state index contributed by atoms with van der Waals surface area (Å²) in [6.45, 7) is 0. The number of thiocarbonyl (C=S) groups is 1. The lowest BCUT2D eigenvalue weighted by molar-refractivity contribution is -0.146. The van der Waals surface area contributed by atoms with Crippen LogP contribution in [0.1, 0.15) is 18.4 Å². The van der Waals surface area contributed by atoms with Crippen LogP contribution in [-0.2, 0) is 14.4 Å². The van der Waals surface area contributed by atoms with Crippen molar-refractivity contribution in [1.29, 1.82) is 0 Å². The molecule has 1 atom stereocenters. The number of nitrogens with zero attached hydrogens (tertiary/aromatic N) is 1. The Hall–Kier alpha value is -2.39. The molecule has 1 aromatic carbocycles. The normalized spacial score (nSPS) is 17.0. The quantitative estimate of drug-likeness (QED) is 0.547. The van der Waals surface area contributed by atoms with Crippen molar-refractivity contribution in [3.05, 3.63) is 34.7 Å². The van der Waals surface area contributed by atoms with Crippen LogP contribution in [-0.4, -0.2) is 50.4 Å². The predicted molar refractivity (Wildman–Crippen MR) is 96.3 cm³/mol. The monoisotopic (exact) mass is 381 g/mol. The van der Waals surface area contributed by atoms with Crippen molar-refractivity contribution >= 4 is 52.2 Å². The molecule has 1 saturated heterocycles. The highest BCUT2D eigenvalue weighted by molar-refractivity contribution is 8.26. The summed E-state index contributed by atoms with van der Waals surface area (Å²) in [4.78, 5) is 36.0. The topological polar surface area (TPSA) is 104 Å². The van der Waals surface area contributed by atoms with Gasteiger partial charge < -0.3 is 14.9 Å². The van der Waals surface area contributed by atoms with Crippen LogP contribution >= 0.6 is 24.0 Å². The van der Waals surface area contributed by atoms with Crippen molar-refractivity contribution < 1.29 is 29.3 Å². The number of carbonyl (C=O) groups is 3. The van der Waals surface area contributed by atoms with E-state index in [1.807, 2.05) is 0 Å². The minimum Gasteiger partial charge on any atom is -0.496 e. The average molecular weight is 381 g/mol. The molecule has 1 heterocycles. The number of hydrogen-bond donors (Lipinski definition) is 2. The van der Waals surface area contributed by atoms with Gasteiger partial charge in [0.15, 0.2) is 0 Å². The fraction of sp³-hybridized carbons (Fsp3) is 0.250. The van der Waals surface area contributed by atoms with Crippen LogP contribution in [0.3, 0.4) is 0 Å². The van der Waals surface area contributed by atoms with Crippen molar-refractivity contribution in [1.82, 2.24) is 4.90 Å². The zero-order valence-corrected chi connectivity index (χ0v) is 14.8. The Morgan fingerprint density at radius 3 is 2.64 bits per heavy atom. The molecule has 7 nitrogen and oxygen atoms in total. The van der Waals surface area contributed by atoms with Crippen LogP contribution in [0.4, 0.5) is 0 Å². The van der Waals surface area contributed by atoms with Gasteiger partial charge in [-0.15, -0.1) is 0 Å².